The molecule has 2 aromatic carbocycles. The van der Waals surface area contributed by atoms with Crippen LogP contribution in [0.2, 0.25) is 0 Å². The SMILES string of the molecule is Cc1ccc(C(=O)C(CC(=O)c2ccccc2)C2C(=O)N(C)C(=O)N(C)C2=O)cc1. The van der Waals surface area contributed by atoms with E-state index in [1.807, 2.05) is 6.92 Å². The van der Waals surface area contributed by atoms with Crippen LogP contribution in [0.15, 0.2) is 54.6 Å². The van der Waals surface area contributed by atoms with Gasteiger partial charge in [-0.1, -0.05) is 60.2 Å². The summed E-state index contributed by atoms with van der Waals surface area (Å²) < 4.78 is 0. The van der Waals surface area contributed by atoms with Gasteiger partial charge in [-0.15, -0.1) is 0 Å². The predicted octanol–water partition coefficient (Wildman–Crippen LogP) is 2.73. The van der Waals surface area contributed by atoms with Crippen molar-refractivity contribution in [3.63, 3.8) is 0 Å². The second-order valence-corrected chi connectivity index (χ2v) is 7.38. The number of carbonyl (C=O) groups excluding carboxylic acids is 5. The molecular formula is C23H22N2O5. The molecule has 0 spiro atoms. The van der Waals surface area contributed by atoms with Crippen molar-refractivity contribution in [2.24, 2.45) is 11.8 Å². The molecule has 2 aromatic rings. The van der Waals surface area contributed by atoms with Crippen molar-refractivity contribution in [2.45, 2.75) is 13.3 Å². The monoisotopic (exact) mass is 406 g/mol. The van der Waals surface area contributed by atoms with Gasteiger partial charge in [-0.2, -0.15) is 0 Å². The minimum atomic E-state index is -1.45. The summed E-state index contributed by atoms with van der Waals surface area (Å²) in [6.45, 7) is 1.87. The molecule has 0 bridgehead atoms. The first-order chi connectivity index (χ1) is 14.2. The molecule has 7 nitrogen and oxygen atoms in total. The van der Waals surface area contributed by atoms with E-state index in [1.54, 1.807) is 54.6 Å². The molecule has 0 N–H and O–H groups in total. The lowest BCUT2D eigenvalue weighted by atomic mass is 9.79. The maximum absolute atomic E-state index is 13.3. The number of imide groups is 2. The lowest BCUT2D eigenvalue weighted by Crippen LogP contribution is -2.59. The van der Waals surface area contributed by atoms with E-state index in [2.05, 4.69) is 0 Å². The minimum Gasteiger partial charge on any atom is -0.294 e. The Bertz CT molecular complexity index is 990. The fourth-order valence-corrected chi connectivity index (χ4v) is 3.52. The topological polar surface area (TPSA) is 91.8 Å². The first-order valence-corrected chi connectivity index (χ1v) is 9.50. The van der Waals surface area contributed by atoms with Gasteiger partial charge in [0.25, 0.3) is 0 Å². The van der Waals surface area contributed by atoms with Crippen molar-refractivity contribution in [1.29, 1.82) is 0 Å². The van der Waals surface area contributed by atoms with E-state index in [9.17, 15) is 24.0 Å². The zero-order valence-electron chi connectivity index (χ0n) is 17.0. The van der Waals surface area contributed by atoms with Crippen LogP contribution in [0.5, 0.6) is 0 Å². The van der Waals surface area contributed by atoms with Crippen LogP contribution in [0.25, 0.3) is 0 Å². The molecule has 0 radical (unpaired) electrons. The first kappa shape index (κ1) is 21.1. The number of hydrogen-bond acceptors (Lipinski definition) is 5. The van der Waals surface area contributed by atoms with Crippen LogP contribution in [-0.4, -0.2) is 53.3 Å². The Kier molecular flexibility index (Phi) is 5.91. The number of nitrogens with zero attached hydrogens (tertiary/aromatic N) is 2. The lowest BCUT2D eigenvalue weighted by Gasteiger charge is -2.35. The number of aryl methyl sites for hydroxylation is 1. The summed E-state index contributed by atoms with van der Waals surface area (Å²) in [7, 11) is 2.51. The number of hydrogen-bond donors (Lipinski definition) is 0. The number of carbonyl (C=O) groups is 5. The molecule has 1 fully saturated rings. The molecule has 1 aliphatic rings. The molecule has 154 valence electrons. The largest absolute Gasteiger partial charge is 0.332 e. The highest BCUT2D eigenvalue weighted by molar-refractivity contribution is 6.19. The molecule has 1 saturated heterocycles. The molecule has 3 rings (SSSR count). The number of rotatable bonds is 6. The van der Waals surface area contributed by atoms with Crippen molar-refractivity contribution in [3.8, 4) is 0 Å². The third-order valence-corrected chi connectivity index (χ3v) is 5.34. The van der Waals surface area contributed by atoms with Crippen LogP contribution in [0, 0.1) is 18.8 Å². The van der Waals surface area contributed by atoms with Crippen molar-refractivity contribution < 1.29 is 24.0 Å². The van der Waals surface area contributed by atoms with Gasteiger partial charge in [0.1, 0.15) is 5.92 Å². The Morgan fingerprint density at radius 3 is 1.90 bits per heavy atom. The molecule has 1 aliphatic heterocycles. The van der Waals surface area contributed by atoms with Crippen LogP contribution in [-0.2, 0) is 9.59 Å². The fourth-order valence-electron chi connectivity index (χ4n) is 3.52. The van der Waals surface area contributed by atoms with Gasteiger partial charge in [-0.05, 0) is 6.92 Å². The third kappa shape index (κ3) is 3.91. The molecule has 0 saturated carbocycles. The van der Waals surface area contributed by atoms with Crippen molar-refractivity contribution >= 4 is 29.4 Å². The zero-order valence-corrected chi connectivity index (χ0v) is 17.0. The van der Waals surface area contributed by atoms with Crippen LogP contribution in [0.1, 0.15) is 32.7 Å². The van der Waals surface area contributed by atoms with E-state index < -0.39 is 35.5 Å². The van der Waals surface area contributed by atoms with Gasteiger partial charge in [0.2, 0.25) is 11.8 Å². The van der Waals surface area contributed by atoms with Crippen molar-refractivity contribution in [1.82, 2.24) is 9.80 Å². The Labute approximate surface area is 174 Å². The minimum absolute atomic E-state index is 0.300. The molecule has 0 aromatic heterocycles. The standard InChI is InChI=1S/C23H22N2O5/c1-14-9-11-16(12-10-14)20(27)17(13-18(26)15-7-5-4-6-8-15)19-21(28)24(2)23(30)25(3)22(19)29/h4-12,17,19H,13H2,1-3H3. The number of Topliss-reactive ketones (excluding diaryl/α,β-unsaturated/α-hetero) is 2. The average Bonchev–Trinajstić information content (AvgIpc) is 2.76. The Morgan fingerprint density at radius 2 is 1.37 bits per heavy atom. The lowest BCUT2D eigenvalue weighted by molar-refractivity contribution is -0.149. The van der Waals surface area contributed by atoms with Gasteiger partial charge in [-0.3, -0.25) is 29.0 Å². The third-order valence-electron chi connectivity index (χ3n) is 5.34. The molecule has 4 amide bonds. The number of barbiturate groups is 1. The van der Waals surface area contributed by atoms with Gasteiger partial charge in [0.15, 0.2) is 11.6 Å². The summed E-state index contributed by atoms with van der Waals surface area (Å²) in [5, 5.41) is 0. The summed E-state index contributed by atoms with van der Waals surface area (Å²) in [5.41, 5.74) is 1.63. The molecule has 0 aliphatic carbocycles. The molecule has 1 heterocycles. The highest BCUT2D eigenvalue weighted by Gasteiger charge is 2.49. The summed E-state index contributed by atoms with van der Waals surface area (Å²) >= 11 is 0. The number of urea groups is 1. The molecule has 30 heavy (non-hydrogen) atoms. The second kappa shape index (κ2) is 8.41. The zero-order chi connectivity index (χ0) is 22.0. The van der Waals surface area contributed by atoms with E-state index in [-0.39, 0.29) is 12.2 Å². The van der Waals surface area contributed by atoms with Crippen molar-refractivity contribution in [2.75, 3.05) is 14.1 Å². The quantitative estimate of drug-likeness (QED) is 0.543. The molecular weight excluding hydrogens is 384 g/mol. The second-order valence-electron chi connectivity index (χ2n) is 7.38. The van der Waals surface area contributed by atoms with Gasteiger partial charge in [-0.25, -0.2) is 4.79 Å². The maximum atomic E-state index is 13.3. The Morgan fingerprint density at radius 1 is 0.833 bits per heavy atom. The number of amides is 4. The highest BCUT2D eigenvalue weighted by atomic mass is 16.2. The maximum Gasteiger partial charge on any atom is 0.332 e. The van der Waals surface area contributed by atoms with Crippen LogP contribution < -0.4 is 0 Å². The van der Waals surface area contributed by atoms with E-state index >= 15 is 0 Å². The van der Waals surface area contributed by atoms with Crippen LogP contribution in [0.4, 0.5) is 4.79 Å². The number of benzene rings is 2. The van der Waals surface area contributed by atoms with Crippen LogP contribution >= 0.6 is 0 Å². The Balaban J connectivity index is 2.02. The van der Waals surface area contributed by atoms with E-state index in [4.69, 9.17) is 0 Å². The van der Waals surface area contributed by atoms with Crippen LogP contribution in [0.3, 0.4) is 0 Å². The molecule has 1 unspecified atom stereocenters. The highest BCUT2D eigenvalue weighted by Crippen LogP contribution is 2.29. The van der Waals surface area contributed by atoms with Gasteiger partial charge >= 0.3 is 6.03 Å². The smallest absolute Gasteiger partial charge is 0.294 e. The van der Waals surface area contributed by atoms with Crippen molar-refractivity contribution in [3.05, 3.63) is 71.3 Å². The predicted molar refractivity (Wildman–Crippen MR) is 109 cm³/mol. The van der Waals surface area contributed by atoms with Gasteiger partial charge in [0.05, 0.1) is 5.92 Å². The summed E-state index contributed by atoms with van der Waals surface area (Å²) in [6.07, 6.45) is -0.325. The summed E-state index contributed by atoms with van der Waals surface area (Å²) in [5.74, 6) is -5.08. The average molecular weight is 406 g/mol. The van der Waals surface area contributed by atoms with Gasteiger partial charge in [0, 0.05) is 31.6 Å². The molecule has 7 heteroatoms. The van der Waals surface area contributed by atoms with Gasteiger partial charge < -0.3 is 0 Å². The summed E-state index contributed by atoms with van der Waals surface area (Å²) in [6, 6.07) is 14.3. The summed E-state index contributed by atoms with van der Waals surface area (Å²) in [4.78, 5) is 65.6. The fraction of sp³-hybridized carbons (Fsp3) is 0.261. The van der Waals surface area contributed by atoms with E-state index in [0.29, 0.717) is 11.1 Å². The van der Waals surface area contributed by atoms with E-state index in [1.165, 1.54) is 14.1 Å². The first-order valence-electron chi connectivity index (χ1n) is 9.50. The van der Waals surface area contributed by atoms with E-state index in [0.717, 1.165) is 15.4 Å². The normalized spacial score (nSPS) is 16.0. The molecule has 1 atom stereocenters. The number of ketones is 2. The Hall–Kier alpha value is -3.61.